The highest BCUT2D eigenvalue weighted by atomic mass is 16.6. The van der Waals surface area contributed by atoms with E-state index >= 15 is 0 Å². The lowest BCUT2D eigenvalue weighted by Crippen LogP contribution is -2.52. The number of fused-ring (bicyclic) bond motifs is 1. The van der Waals surface area contributed by atoms with Crippen molar-refractivity contribution in [2.75, 3.05) is 19.7 Å². The molecule has 21 heavy (non-hydrogen) atoms. The zero-order chi connectivity index (χ0) is 14.9. The molecule has 1 aliphatic rings. The van der Waals surface area contributed by atoms with Gasteiger partial charge in [-0.2, -0.15) is 0 Å². The van der Waals surface area contributed by atoms with Crippen molar-refractivity contribution in [3.05, 3.63) is 40.7 Å². The molecule has 0 spiro atoms. The van der Waals surface area contributed by atoms with Gasteiger partial charge >= 0.3 is 0 Å². The number of benzene rings is 1. The van der Waals surface area contributed by atoms with Gasteiger partial charge in [-0.3, -0.25) is 9.78 Å². The highest BCUT2D eigenvalue weighted by molar-refractivity contribution is 5.82. The number of nitrogens with one attached hydrogen (secondary N) is 2. The van der Waals surface area contributed by atoms with Crippen LogP contribution in [0.2, 0.25) is 0 Å². The zero-order valence-electron chi connectivity index (χ0n) is 12.3. The molecule has 3 rings (SSSR count). The van der Waals surface area contributed by atoms with Gasteiger partial charge in [0.1, 0.15) is 12.7 Å². The molecule has 0 radical (unpaired) electrons. The molecule has 0 amide bonds. The van der Waals surface area contributed by atoms with Gasteiger partial charge in [-0.15, -0.1) is 0 Å². The van der Waals surface area contributed by atoms with Crippen LogP contribution >= 0.6 is 0 Å². The molecule has 0 bridgehead atoms. The largest absolute Gasteiger partial charge is 0.476 e. The third-order valence-corrected chi connectivity index (χ3v) is 3.56. The lowest BCUT2D eigenvalue weighted by atomic mass is 10.1. The second kappa shape index (κ2) is 5.50. The van der Waals surface area contributed by atoms with Gasteiger partial charge in [-0.25, -0.2) is 0 Å². The van der Waals surface area contributed by atoms with Crippen molar-refractivity contribution in [3.8, 4) is 5.88 Å². The molecule has 1 unspecified atom stereocenters. The fourth-order valence-corrected chi connectivity index (χ4v) is 2.61. The van der Waals surface area contributed by atoms with Crippen LogP contribution in [-0.2, 0) is 4.74 Å². The third kappa shape index (κ3) is 3.25. The fraction of sp³-hybridized carbons (Fsp3) is 0.438. The maximum atomic E-state index is 12.0. The first-order valence-corrected chi connectivity index (χ1v) is 7.17. The van der Waals surface area contributed by atoms with E-state index in [0.29, 0.717) is 17.9 Å². The van der Waals surface area contributed by atoms with E-state index in [-0.39, 0.29) is 17.3 Å². The highest BCUT2D eigenvalue weighted by Gasteiger charge is 2.28. The van der Waals surface area contributed by atoms with Gasteiger partial charge in [0.2, 0.25) is 0 Å². The van der Waals surface area contributed by atoms with Crippen molar-refractivity contribution in [1.29, 1.82) is 0 Å². The van der Waals surface area contributed by atoms with Crippen LogP contribution in [-0.4, -0.2) is 36.4 Å². The Morgan fingerprint density at radius 3 is 3.00 bits per heavy atom. The first kappa shape index (κ1) is 14.1. The quantitative estimate of drug-likeness (QED) is 0.902. The summed E-state index contributed by atoms with van der Waals surface area (Å²) in [7, 11) is 0. The molecular formula is C16H20N2O3. The van der Waals surface area contributed by atoms with E-state index in [4.69, 9.17) is 9.47 Å². The molecule has 1 aromatic heterocycles. The van der Waals surface area contributed by atoms with E-state index in [2.05, 4.69) is 10.3 Å². The topological polar surface area (TPSA) is 63.3 Å². The van der Waals surface area contributed by atoms with Crippen LogP contribution in [0.15, 0.2) is 35.1 Å². The summed E-state index contributed by atoms with van der Waals surface area (Å²) in [4.78, 5) is 14.7. The van der Waals surface area contributed by atoms with Crippen molar-refractivity contribution >= 4 is 10.8 Å². The van der Waals surface area contributed by atoms with E-state index in [1.54, 1.807) is 6.07 Å². The lowest BCUT2D eigenvalue weighted by molar-refractivity contribution is -0.107. The summed E-state index contributed by atoms with van der Waals surface area (Å²) >= 11 is 0. The van der Waals surface area contributed by atoms with Crippen molar-refractivity contribution in [3.63, 3.8) is 0 Å². The molecule has 1 aliphatic heterocycles. The summed E-state index contributed by atoms with van der Waals surface area (Å²) in [6, 6.07) is 9.30. The summed E-state index contributed by atoms with van der Waals surface area (Å²) in [5, 5.41) is 4.87. The first-order valence-electron chi connectivity index (χ1n) is 7.17. The SMILES string of the molecule is CC1(C)CNCC(COc2cc3ccccc3c(=O)[nH]2)O1. The van der Waals surface area contributed by atoms with Crippen LogP contribution in [0.4, 0.5) is 0 Å². The molecule has 1 saturated heterocycles. The van der Waals surface area contributed by atoms with Crippen molar-refractivity contribution in [1.82, 2.24) is 10.3 Å². The molecule has 0 saturated carbocycles. The number of hydrogen-bond acceptors (Lipinski definition) is 4. The van der Waals surface area contributed by atoms with Crippen LogP contribution in [0.25, 0.3) is 10.8 Å². The minimum atomic E-state index is -0.191. The number of pyridine rings is 1. The minimum absolute atomic E-state index is 0.0243. The van der Waals surface area contributed by atoms with Gasteiger partial charge in [-0.1, -0.05) is 18.2 Å². The van der Waals surface area contributed by atoms with Crippen LogP contribution in [0.3, 0.4) is 0 Å². The number of aromatic amines is 1. The van der Waals surface area contributed by atoms with E-state index in [1.807, 2.05) is 38.1 Å². The predicted molar refractivity (Wildman–Crippen MR) is 81.9 cm³/mol. The molecule has 2 aromatic rings. The van der Waals surface area contributed by atoms with Gasteiger partial charge in [0.15, 0.2) is 5.88 Å². The monoisotopic (exact) mass is 288 g/mol. The molecular weight excluding hydrogens is 268 g/mol. The summed E-state index contributed by atoms with van der Waals surface area (Å²) in [5.74, 6) is 0.477. The Labute approximate surface area is 123 Å². The Kier molecular flexibility index (Phi) is 3.69. The number of ether oxygens (including phenoxy) is 2. The summed E-state index contributed by atoms with van der Waals surface area (Å²) in [5.41, 5.74) is -0.325. The van der Waals surface area contributed by atoms with Gasteiger partial charge in [-0.05, 0) is 25.3 Å². The van der Waals surface area contributed by atoms with Crippen LogP contribution in [0.1, 0.15) is 13.8 Å². The van der Waals surface area contributed by atoms with Crippen LogP contribution in [0, 0.1) is 0 Å². The van der Waals surface area contributed by atoms with Crippen LogP contribution < -0.4 is 15.6 Å². The van der Waals surface area contributed by atoms with Gasteiger partial charge in [0.05, 0.1) is 5.60 Å². The maximum Gasteiger partial charge on any atom is 0.258 e. The minimum Gasteiger partial charge on any atom is -0.476 e. The fourth-order valence-electron chi connectivity index (χ4n) is 2.61. The predicted octanol–water partition coefficient (Wildman–Crippen LogP) is 1.67. The van der Waals surface area contributed by atoms with E-state index < -0.39 is 0 Å². The molecule has 2 N–H and O–H groups in total. The molecule has 1 atom stereocenters. The molecule has 5 nitrogen and oxygen atoms in total. The van der Waals surface area contributed by atoms with Crippen molar-refractivity contribution < 1.29 is 9.47 Å². The summed E-state index contributed by atoms with van der Waals surface area (Å²) in [6.07, 6.45) is -0.0243. The number of morpholine rings is 1. The number of hydrogen-bond donors (Lipinski definition) is 2. The second-order valence-corrected chi connectivity index (χ2v) is 5.99. The number of H-pyrrole nitrogens is 1. The Balaban J connectivity index is 1.72. The summed E-state index contributed by atoms with van der Waals surface area (Å²) < 4.78 is 11.6. The maximum absolute atomic E-state index is 12.0. The molecule has 5 heteroatoms. The smallest absolute Gasteiger partial charge is 0.258 e. The van der Waals surface area contributed by atoms with Crippen molar-refractivity contribution in [2.24, 2.45) is 0 Å². The van der Waals surface area contributed by atoms with Crippen LogP contribution in [0.5, 0.6) is 5.88 Å². The Hall–Kier alpha value is -1.85. The number of aromatic nitrogens is 1. The second-order valence-electron chi connectivity index (χ2n) is 5.99. The van der Waals surface area contributed by atoms with Gasteiger partial charge < -0.3 is 14.8 Å². The molecule has 1 aromatic carbocycles. The van der Waals surface area contributed by atoms with E-state index in [9.17, 15) is 4.79 Å². The third-order valence-electron chi connectivity index (χ3n) is 3.56. The average molecular weight is 288 g/mol. The zero-order valence-corrected chi connectivity index (χ0v) is 12.3. The first-order chi connectivity index (χ1) is 10.0. The Bertz CT molecular complexity index is 693. The normalized spacial score (nSPS) is 21.3. The van der Waals surface area contributed by atoms with E-state index in [0.717, 1.165) is 18.5 Å². The Morgan fingerprint density at radius 1 is 1.38 bits per heavy atom. The Morgan fingerprint density at radius 2 is 2.19 bits per heavy atom. The molecule has 112 valence electrons. The molecule has 2 heterocycles. The summed E-state index contributed by atoms with van der Waals surface area (Å²) in [6.45, 7) is 6.08. The van der Waals surface area contributed by atoms with Crippen molar-refractivity contribution in [2.45, 2.75) is 25.6 Å². The standard InChI is InChI=1S/C16H20N2O3/c1-16(2)10-17-8-12(21-16)9-20-14-7-11-5-3-4-6-13(11)15(19)18-14/h3-7,12,17H,8-10H2,1-2H3,(H,18,19). The average Bonchev–Trinajstić information content (AvgIpc) is 2.44. The van der Waals surface area contributed by atoms with E-state index in [1.165, 1.54) is 0 Å². The van der Waals surface area contributed by atoms with Gasteiger partial charge in [0.25, 0.3) is 5.56 Å². The molecule has 0 aliphatic carbocycles. The van der Waals surface area contributed by atoms with Gasteiger partial charge in [0, 0.05) is 24.5 Å². The lowest BCUT2D eigenvalue weighted by Gasteiger charge is -2.36. The number of rotatable bonds is 3. The highest BCUT2D eigenvalue weighted by Crippen LogP contribution is 2.18. The molecule has 1 fully saturated rings.